The molecule has 29 heavy (non-hydrogen) atoms. The lowest BCUT2D eigenvalue weighted by atomic mass is 10.0. The fraction of sp³-hybridized carbons (Fsp3) is 0.611. The van der Waals surface area contributed by atoms with Crippen LogP contribution in [0, 0.1) is 11.3 Å². The molecule has 11 heteroatoms. The Hall–Kier alpha value is -2.16. The van der Waals surface area contributed by atoms with Crippen molar-refractivity contribution in [3.63, 3.8) is 0 Å². The minimum atomic E-state index is -3.50. The minimum Gasteiger partial charge on any atom is -0.450 e. The number of carbonyl (C=O) groups excluding carboxylic acids is 2. The Morgan fingerprint density at radius 3 is 2.76 bits per heavy atom. The molecule has 1 N–H and O–H groups in total. The molecule has 0 aromatic carbocycles. The first-order valence-electron chi connectivity index (χ1n) is 9.50. The van der Waals surface area contributed by atoms with Gasteiger partial charge >= 0.3 is 6.09 Å². The molecule has 0 aliphatic carbocycles. The number of fused-ring (bicyclic) bond motifs is 1. The summed E-state index contributed by atoms with van der Waals surface area (Å²) >= 11 is 1.25. The quantitative estimate of drug-likeness (QED) is 0.763. The van der Waals surface area contributed by atoms with Gasteiger partial charge in [-0.1, -0.05) is 6.42 Å². The molecule has 0 radical (unpaired) electrons. The van der Waals surface area contributed by atoms with Crippen molar-refractivity contribution in [2.24, 2.45) is 0 Å². The van der Waals surface area contributed by atoms with Crippen molar-refractivity contribution in [3.05, 3.63) is 16.0 Å². The number of nitrogens with one attached hydrogen (secondary N) is 1. The third-order valence-electron chi connectivity index (χ3n) is 5.11. The van der Waals surface area contributed by atoms with Crippen LogP contribution in [0.25, 0.3) is 0 Å². The zero-order valence-corrected chi connectivity index (χ0v) is 18.1. The molecule has 1 saturated heterocycles. The summed E-state index contributed by atoms with van der Waals surface area (Å²) in [7, 11) is -3.50. The first-order valence-corrected chi connectivity index (χ1v) is 12.2. The molecule has 2 aliphatic rings. The van der Waals surface area contributed by atoms with Crippen LogP contribution >= 0.6 is 11.3 Å². The van der Waals surface area contributed by atoms with Gasteiger partial charge in [-0.25, -0.2) is 13.2 Å². The van der Waals surface area contributed by atoms with Crippen molar-refractivity contribution in [1.82, 2.24) is 9.21 Å². The molecule has 0 bridgehead atoms. The summed E-state index contributed by atoms with van der Waals surface area (Å²) in [5.41, 5.74) is 1.22. The number of amides is 2. The van der Waals surface area contributed by atoms with Crippen LogP contribution in [0.15, 0.2) is 0 Å². The van der Waals surface area contributed by atoms with E-state index in [1.807, 2.05) is 0 Å². The summed E-state index contributed by atoms with van der Waals surface area (Å²) in [4.78, 5) is 27.3. The van der Waals surface area contributed by atoms with Gasteiger partial charge in [0.1, 0.15) is 17.1 Å². The van der Waals surface area contributed by atoms with Gasteiger partial charge in [0.05, 0.1) is 25.0 Å². The van der Waals surface area contributed by atoms with Crippen molar-refractivity contribution in [2.75, 3.05) is 31.3 Å². The lowest BCUT2D eigenvalue weighted by molar-refractivity contribution is -0.120. The van der Waals surface area contributed by atoms with E-state index in [1.165, 1.54) is 15.6 Å². The fourth-order valence-electron chi connectivity index (χ4n) is 3.74. The van der Waals surface area contributed by atoms with E-state index in [0.717, 1.165) is 29.5 Å². The monoisotopic (exact) mass is 440 g/mol. The number of ether oxygens (including phenoxy) is 1. The minimum absolute atomic E-state index is 0.287. The molecule has 3 rings (SSSR count). The third kappa shape index (κ3) is 4.55. The maximum Gasteiger partial charge on any atom is 0.410 e. The van der Waals surface area contributed by atoms with Gasteiger partial charge in [-0.2, -0.15) is 9.57 Å². The molecule has 1 unspecified atom stereocenters. The maximum absolute atomic E-state index is 12.9. The highest BCUT2D eigenvalue weighted by atomic mass is 32.2. The number of sulfonamides is 1. The van der Waals surface area contributed by atoms with Gasteiger partial charge < -0.3 is 15.0 Å². The number of rotatable bonds is 4. The van der Waals surface area contributed by atoms with Crippen molar-refractivity contribution in [3.8, 4) is 6.07 Å². The molecular weight excluding hydrogens is 416 g/mol. The summed E-state index contributed by atoms with van der Waals surface area (Å²) in [6, 6.07) is 1.37. The van der Waals surface area contributed by atoms with Crippen molar-refractivity contribution in [2.45, 2.75) is 45.2 Å². The van der Waals surface area contributed by atoms with Gasteiger partial charge in [0.15, 0.2) is 0 Å². The second-order valence-electron chi connectivity index (χ2n) is 7.06. The lowest BCUT2D eigenvalue weighted by Gasteiger charge is -2.32. The number of hydrogen-bond acceptors (Lipinski definition) is 7. The van der Waals surface area contributed by atoms with Crippen LogP contribution in [0.1, 0.15) is 42.2 Å². The molecule has 158 valence electrons. The van der Waals surface area contributed by atoms with Crippen molar-refractivity contribution >= 4 is 38.4 Å². The summed E-state index contributed by atoms with van der Waals surface area (Å²) in [6.45, 7) is 3.11. The second kappa shape index (κ2) is 8.69. The predicted molar refractivity (Wildman–Crippen MR) is 108 cm³/mol. The van der Waals surface area contributed by atoms with E-state index in [1.54, 1.807) is 11.8 Å². The average Bonchev–Trinajstić information content (AvgIpc) is 3.03. The van der Waals surface area contributed by atoms with Crippen LogP contribution in [0.2, 0.25) is 0 Å². The summed E-state index contributed by atoms with van der Waals surface area (Å²) < 4.78 is 30.3. The molecule has 1 aromatic rings. The molecule has 0 spiro atoms. The predicted octanol–water partition coefficient (Wildman–Crippen LogP) is 1.89. The van der Waals surface area contributed by atoms with E-state index in [0.29, 0.717) is 43.0 Å². The highest BCUT2D eigenvalue weighted by Crippen LogP contribution is 2.37. The van der Waals surface area contributed by atoms with Crippen LogP contribution < -0.4 is 5.32 Å². The highest BCUT2D eigenvalue weighted by Gasteiger charge is 2.35. The van der Waals surface area contributed by atoms with Gasteiger partial charge in [0.25, 0.3) is 0 Å². The van der Waals surface area contributed by atoms with Crippen LogP contribution in [-0.4, -0.2) is 61.6 Å². The van der Waals surface area contributed by atoms with Crippen LogP contribution in [0.4, 0.5) is 9.80 Å². The Bertz CT molecular complexity index is 950. The van der Waals surface area contributed by atoms with Crippen LogP contribution in [0.3, 0.4) is 0 Å². The number of anilines is 1. The number of thiophene rings is 1. The molecule has 2 aliphatic heterocycles. The Morgan fingerprint density at radius 2 is 2.10 bits per heavy atom. The summed E-state index contributed by atoms with van der Waals surface area (Å²) in [5.74, 6) is -0.424. The number of hydrogen-bond donors (Lipinski definition) is 1. The standard InChI is InChI=1S/C18H24N4O5S2/c1-3-27-18(24)21-9-7-12-13(10-19)17(28-15(12)11-21)20-16(23)14-6-4-5-8-22(14)29(2,25)26/h14H,3-9,11H2,1-2H3,(H,20,23). The normalized spacial score (nSPS) is 19.9. The Morgan fingerprint density at radius 1 is 1.34 bits per heavy atom. The van der Waals surface area contributed by atoms with E-state index in [-0.39, 0.29) is 6.61 Å². The molecule has 1 aromatic heterocycles. The third-order valence-corrected chi connectivity index (χ3v) is 7.53. The first kappa shape index (κ1) is 21.5. The van der Waals surface area contributed by atoms with Gasteiger partial charge in [-0.3, -0.25) is 4.79 Å². The van der Waals surface area contributed by atoms with Gasteiger partial charge in [0.2, 0.25) is 15.9 Å². The van der Waals surface area contributed by atoms with E-state index >= 15 is 0 Å². The molecule has 2 amide bonds. The van der Waals surface area contributed by atoms with E-state index in [4.69, 9.17) is 4.74 Å². The van der Waals surface area contributed by atoms with E-state index in [2.05, 4.69) is 11.4 Å². The zero-order valence-electron chi connectivity index (χ0n) is 16.4. The van der Waals surface area contributed by atoms with Crippen LogP contribution in [0.5, 0.6) is 0 Å². The number of carbonyl (C=O) groups is 2. The summed E-state index contributed by atoms with van der Waals surface area (Å²) in [6.07, 6.45) is 3.14. The van der Waals surface area contributed by atoms with Crippen molar-refractivity contribution in [1.29, 1.82) is 5.26 Å². The highest BCUT2D eigenvalue weighted by molar-refractivity contribution is 7.88. The zero-order chi connectivity index (χ0) is 21.2. The summed E-state index contributed by atoms with van der Waals surface area (Å²) in [5, 5.41) is 12.8. The first-order chi connectivity index (χ1) is 13.8. The fourth-order valence-corrected chi connectivity index (χ4v) is 6.08. The molecule has 1 fully saturated rings. The van der Waals surface area contributed by atoms with Crippen LogP contribution in [-0.2, 0) is 32.5 Å². The number of nitriles is 1. The second-order valence-corrected chi connectivity index (χ2v) is 10.1. The average molecular weight is 441 g/mol. The molecule has 1 atom stereocenters. The van der Waals surface area contributed by atoms with Crippen molar-refractivity contribution < 1.29 is 22.7 Å². The Balaban J connectivity index is 1.81. The Labute approximate surface area is 174 Å². The topological polar surface area (TPSA) is 120 Å². The largest absolute Gasteiger partial charge is 0.450 e. The lowest BCUT2D eigenvalue weighted by Crippen LogP contribution is -2.49. The molecule has 9 nitrogen and oxygen atoms in total. The molecule has 0 saturated carbocycles. The smallest absolute Gasteiger partial charge is 0.410 e. The van der Waals surface area contributed by atoms with E-state index < -0.39 is 28.1 Å². The van der Waals surface area contributed by atoms with E-state index in [9.17, 15) is 23.3 Å². The van der Waals surface area contributed by atoms with Gasteiger partial charge in [0, 0.05) is 18.0 Å². The number of nitrogens with zero attached hydrogens (tertiary/aromatic N) is 3. The van der Waals surface area contributed by atoms with Gasteiger partial charge in [-0.05, 0) is 31.7 Å². The maximum atomic E-state index is 12.9. The Kier molecular flexibility index (Phi) is 6.45. The SMILES string of the molecule is CCOC(=O)N1CCc2c(sc(NC(=O)C3CCCCN3S(C)(=O)=O)c2C#N)C1. The van der Waals surface area contributed by atoms with Gasteiger partial charge in [-0.15, -0.1) is 11.3 Å². The molecule has 3 heterocycles. The number of piperidine rings is 1. The molecular formula is C18H24N4O5S2.